The molecule has 0 saturated carbocycles. The Bertz CT molecular complexity index is 312. The van der Waals surface area contributed by atoms with Gasteiger partial charge in [-0.15, -0.1) is 0 Å². The van der Waals surface area contributed by atoms with Crippen LogP contribution in [-0.2, 0) is 0 Å². The van der Waals surface area contributed by atoms with E-state index in [-0.39, 0.29) is 0 Å². The quantitative estimate of drug-likeness (QED) is 0.743. The van der Waals surface area contributed by atoms with E-state index in [4.69, 9.17) is 0 Å². The molecule has 1 rings (SSSR count). The Morgan fingerprint density at radius 3 is 2.22 bits per heavy atom. The van der Waals surface area contributed by atoms with E-state index in [9.17, 15) is 0 Å². The van der Waals surface area contributed by atoms with Gasteiger partial charge >= 0.3 is 0 Å². The second-order valence-corrected chi connectivity index (χ2v) is 5.11. The van der Waals surface area contributed by atoms with E-state index < -0.39 is 0 Å². The van der Waals surface area contributed by atoms with Crippen LogP contribution in [0.15, 0.2) is 18.3 Å². The fraction of sp³-hybridized carbons (Fsp3) is 0.688. The molecule has 1 unspecified atom stereocenters. The summed E-state index contributed by atoms with van der Waals surface area (Å²) in [5.41, 5.74) is 2.44. The van der Waals surface area contributed by atoms with Gasteiger partial charge in [-0.2, -0.15) is 0 Å². The molecule has 1 aromatic heterocycles. The summed E-state index contributed by atoms with van der Waals surface area (Å²) in [6.07, 6.45) is 7.14. The van der Waals surface area contributed by atoms with Crippen molar-refractivity contribution < 1.29 is 0 Å². The third kappa shape index (κ3) is 4.41. The van der Waals surface area contributed by atoms with Crippen molar-refractivity contribution in [2.45, 2.75) is 59.4 Å². The highest BCUT2D eigenvalue weighted by atomic mass is 14.9. The van der Waals surface area contributed by atoms with Crippen molar-refractivity contribution in [2.24, 2.45) is 5.92 Å². The molecule has 0 saturated heterocycles. The highest BCUT2D eigenvalue weighted by Gasteiger charge is 2.21. The van der Waals surface area contributed by atoms with Crippen LogP contribution < -0.4 is 5.32 Å². The van der Waals surface area contributed by atoms with Gasteiger partial charge in [-0.1, -0.05) is 39.7 Å². The fourth-order valence-electron chi connectivity index (χ4n) is 2.66. The van der Waals surface area contributed by atoms with Crippen LogP contribution in [-0.4, -0.2) is 11.5 Å². The minimum absolute atomic E-state index is 0.461. The van der Waals surface area contributed by atoms with Crippen molar-refractivity contribution >= 4 is 0 Å². The topological polar surface area (TPSA) is 24.9 Å². The monoisotopic (exact) mass is 248 g/mol. The maximum absolute atomic E-state index is 4.44. The van der Waals surface area contributed by atoms with Gasteiger partial charge in [0.05, 0.1) is 0 Å². The molecule has 0 aliphatic heterocycles. The van der Waals surface area contributed by atoms with E-state index in [1.807, 2.05) is 13.1 Å². The van der Waals surface area contributed by atoms with E-state index in [0.29, 0.717) is 6.04 Å². The molecule has 1 atom stereocenters. The first-order chi connectivity index (χ1) is 8.72. The maximum atomic E-state index is 4.44. The summed E-state index contributed by atoms with van der Waals surface area (Å²) in [6.45, 7) is 9.80. The lowest BCUT2D eigenvalue weighted by Crippen LogP contribution is -2.28. The van der Waals surface area contributed by atoms with Gasteiger partial charge in [0.2, 0.25) is 0 Å². The number of hydrogen-bond acceptors (Lipinski definition) is 2. The van der Waals surface area contributed by atoms with Crippen LogP contribution >= 0.6 is 0 Å². The van der Waals surface area contributed by atoms with Crippen LogP contribution in [0.1, 0.15) is 63.8 Å². The fourth-order valence-corrected chi connectivity index (χ4v) is 2.66. The SMILES string of the molecule is CCCC(CCC)C(NCC)c1ccc(C)nc1. The third-order valence-corrected chi connectivity index (χ3v) is 3.51. The van der Waals surface area contributed by atoms with E-state index in [2.05, 4.69) is 43.2 Å². The number of hydrogen-bond donors (Lipinski definition) is 1. The molecule has 0 bridgehead atoms. The van der Waals surface area contributed by atoms with Gasteiger partial charge in [0, 0.05) is 17.9 Å². The molecule has 1 heterocycles. The average Bonchev–Trinajstić information content (AvgIpc) is 2.37. The zero-order valence-electron chi connectivity index (χ0n) is 12.4. The third-order valence-electron chi connectivity index (χ3n) is 3.51. The minimum Gasteiger partial charge on any atom is -0.310 e. The van der Waals surface area contributed by atoms with E-state index in [1.54, 1.807) is 0 Å². The predicted molar refractivity (Wildman–Crippen MR) is 78.7 cm³/mol. The Kier molecular flexibility index (Phi) is 6.96. The normalized spacial score (nSPS) is 12.9. The van der Waals surface area contributed by atoms with Gasteiger partial charge in [-0.05, 0) is 43.9 Å². The number of nitrogens with zero attached hydrogens (tertiary/aromatic N) is 1. The summed E-state index contributed by atoms with van der Waals surface area (Å²) in [7, 11) is 0. The molecule has 0 aliphatic rings. The number of nitrogens with one attached hydrogen (secondary N) is 1. The summed E-state index contributed by atoms with van der Waals surface area (Å²) in [5, 5.41) is 3.65. The summed E-state index contributed by atoms with van der Waals surface area (Å²) in [4.78, 5) is 4.44. The minimum atomic E-state index is 0.461. The molecule has 0 spiro atoms. The van der Waals surface area contributed by atoms with Gasteiger partial charge in [-0.3, -0.25) is 4.98 Å². The Labute approximate surface area is 112 Å². The van der Waals surface area contributed by atoms with Crippen LogP contribution in [0, 0.1) is 12.8 Å². The highest BCUT2D eigenvalue weighted by molar-refractivity contribution is 5.18. The molecule has 0 fully saturated rings. The van der Waals surface area contributed by atoms with Crippen LogP contribution in [0.3, 0.4) is 0 Å². The highest BCUT2D eigenvalue weighted by Crippen LogP contribution is 2.29. The molecule has 0 radical (unpaired) electrons. The zero-order valence-corrected chi connectivity index (χ0v) is 12.4. The van der Waals surface area contributed by atoms with Crippen LogP contribution in [0.4, 0.5) is 0 Å². The van der Waals surface area contributed by atoms with Gasteiger partial charge in [0.15, 0.2) is 0 Å². The van der Waals surface area contributed by atoms with Crippen molar-refractivity contribution in [3.63, 3.8) is 0 Å². The van der Waals surface area contributed by atoms with Gasteiger partial charge in [0.1, 0.15) is 0 Å². The maximum Gasteiger partial charge on any atom is 0.0372 e. The number of aromatic nitrogens is 1. The van der Waals surface area contributed by atoms with E-state index in [1.165, 1.54) is 31.2 Å². The first-order valence-corrected chi connectivity index (χ1v) is 7.38. The lowest BCUT2D eigenvalue weighted by molar-refractivity contribution is 0.320. The second-order valence-electron chi connectivity index (χ2n) is 5.11. The Morgan fingerprint density at radius 1 is 1.11 bits per heavy atom. The molecule has 102 valence electrons. The second kappa shape index (κ2) is 8.25. The standard InChI is InChI=1S/C16H28N2/c1-5-8-14(9-6-2)16(17-7-3)15-11-10-13(4)18-12-15/h10-12,14,16-17H,5-9H2,1-4H3. The van der Waals surface area contributed by atoms with Crippen molar-refractivity contribution in [1.82, 2.24) is 10.3 Å². The molecule has 1 N–H and O–H groups in total. The molecule has 0 aromatic carbocycles. The number of rotatable bonds is 8. The smallest absolute Gasteiger partial charge is 0.0372 e. The van der Waals surface area contributed by atoms with Gasteiger partial charge in [0.25, 0.3) is 0 Å². The van der Waals surface area contributed by atoms with Gasteiger partial charge < -0.3 is 5.32 Å². The van der Waals surface area contributed by atoms with E-state index in [0.717, 1.165) is 18.2 Å². The average molecular weight is 248 g/mol. The largest absolute Gasteiger partial charge is 0.310 e. The first kappa shape index (κ1) is 15.2. The van der Waals surface area contributed by atoms with Crippen molar-refractivity contribution in [1.29, 1.82) is 0 Å². The zero-order chi connectivity index (χ0) is 13.4. The molecular formula is C16H28N2. The summed E-state index contributed by atoms with van der Waals surface area (Å²) in [5.74, 6) is 0.726. The number of aryl methyl sites for hydroxylation is 1. The van der Waals surface area contributed by atoms with Crippen molar-refractivity contribution in [3.05, 3.63) is 29.6 Å². The van der Waals surface area contributed by atoms with E-state index >= 15 is 0 Å². The Hall–Kier alpha value is -0.890. The summed E-state index contributed by atoms with van der Waals surface area (Å²) < 4.78 is 0. The Balaban J connectivity index is 2.87. The first-order valence-electron chi connectivity index (χ1n) is 7.38. The summed E-state index contributed by atoms with van der Waals surface area (Å²) >= 11 is 0. The lowest BCUT2D eigenvalue weighted by atomic mass is 9.86. The van der Waals surface area contributed by atoms with Crippen LogP contribution in [0.25, 0.3) is 0 Å². The molecule has 0 aliphatic carbocycles. The predicted octanol–water partition coefficient (Wildman–Crippen LogP) is 4.26. The number of pyridine rings is 1. The van der Waals surface area contributed by atoms with Crippen LogP contribution in [0.5, 0.6) is 0 Å². The lowest BCUT2D eigenvalue weighted by Gasteiger charge is -2.28. The molecule has 2 nitrogen and oxygen atoms in total. The molecule has 2 heteroatoms. The Morgan fingerprint density at radius 2 is 1.78 bits per heavy atom. The van der Waals surface area contributed by atoms with Crippen LogP contribution in [0.2, 0.25) is 0 Å². The molecular weight excluding hydrogens is 220 g/mol. The molecule has 1 aromatic rings. The molecule has 0 amide bonds. The van der Waals surface area contributed by atoms with Crippen molar-refractivity contribution in [3.8, 4) is 0 Å². The summed E-state index contributed by atoms with van der Waals surface area (Å²) in [6, 6.07) is 4.81. The molecule has 18 heavy (non-hydrogen) atoms. The van der Waals surface area contributed by atoms with Crippen molar-refractivity contribution in [2.75, 3.05) is 6.54 Å². The van der Waals surface area contributed by atoms with Gasteiger partial charge in [-0.25, -0.2) is 0 Å².